The molecule has 3 aromatic rings. The van der Waals surface area contributed by atoms with E-state index in [-0.39, 0.29) is 6.42 Å². The van der Waals surface area contributed by atoms with E-state index in [0.29, 0.717) is 17.8 Å². The van der Waals surface area contributed by atoms with Crippen LogP contribution in [0.25, 0.3) is 17.0 Å². The molecule has 1 aliphatic rings. The molecule has 25 heavy (non-hydrogen) atoms. The summed E-state index contributed by atoms with van der Waals surface area (Å²) in [7, 11) is 0. The second-order valence-corrected chi connectivity index (χ2v) is 6.68. The average molecular weight is 337 g/mol. The number of alkyl halides is 1. The molecule has 4 heteroatoms. The number of fused-ring (bicyclic) bond motifs is 2. The third-order valence-electron chi connectivity index (χ3n) is 4.82. The Morgan fingerprint density at radius 1 is 1.20 bits per heavy atom. The van der Waals surface area contributed by atoms with Crippen LogP contribution in [0.2, 0.25) is 0 Å². The molecule has 1 aromatic carbocycles. The van der Waals surface area contributed by atoms with Crippen molar-refractivity contribution in [1.82, 2.24) is 4.98 Å². The van der Waals surface area contributed by atoms with Crippen LogP contribution in [0, 0.1) is 13.8 Å². The summed E-state index contributed by atoms with van der Waals surface area (Å²) in [5.41, 5.74) is 5.29. The maximum atomic E-state index is 14.2. The van der Waals surface area contributed by atoms with Gasteiger partial charge in [-0.1, -0.05) is 6.07 Å². The fourth-order valence-corrected chi connectivity index (χ4v) is 3.47. The molecule has 0 saturated heterocycles. The average Bonchev–Trinajstić information content (AvgIpc) is 2.58. The van der Waals surface area contributed by atoms with E-state index in [4.69, 9.17) is 0 Å². The number of benzene rings is 1. The number of pyridine rings is 2. The highest BCUT2D eigenvalue weighted by Gasteiger charge is 2.25. The van der Waals surface area contributed by atoms with Gasteiger partial charge in [-0.3, -0.25) is 4.98 Å². The summed E-state index contributed by atoms with van der Waals surface area (Å²) in [6, 6.07) is 10.3. The Labute approximate surface area is 145 Å². The number of aryl methyl sites for hydroxylation is 2. The maximum Gasteiger partial charge on any atom is 0.213 e. The largest absolute Gasteiger partial charge is 0.258 e. The van der Waals surface area contributed by atoms with Gasteiger partial charge in [-0.25, -0.2) is 8.78 Å². The molecule has 126 valence electrons. The molecule has 4 rings (SSSR count). The van der Waals surface area contributed by atoms with Crippen LogP contribution in [0.3, 0.4) is 0 Å². The molecular weight excluding hydrogens is 318 g/mol. The minimum atomic E-state index is -1.37. The zero-order valence-electron chi connectivity index (χ0n) is 14.3. The molecule has 0 fully saturated rings. The first-order valence-electron chi connectivity index (χ1n) is 8.40. The highest BCUT2D eigenvalue weighted by Crippen LogP contribution is 2.35. The van der Waals surface area contributed by atoms with Crippen molar-refractivity contribution < 1.29 is 13.3 Å². The highest BCUT2D eigenvalue weighted by molar-refractivity contribution is 5.79. The maximum absolute atomic E-state index is 14.2. The van der Waals surface area contributed by atoms with Crippen molar-refractivity contribution in [2.75, 3.05) is 0 Å². The Hall–Kier alpha value is -2.62. The van der Waals surface area contributed by atoms with E-state index in [1.165, 1.54) is 22.6 Å². The number of allylic oxidation sites excluding steroid dienone is 1. The lowest BCUT2D eigenvalue weighted by Crippen LogP contribution is -2.35. The van der Waals surface area contributed by atoms with Gasteiger partial charge in [0.1, 0.15) is 12.0 Å². The van der Waals surface area contributed by atoms with Gasteiger partial charge in [0, 0.05) is 41.3 Å². The van der Waals surface area contributed by atoms with Crippen LogP contribution in [0.4, 0.5) is 8.78 Å². The van der Waals surface area contributed by atoms with Crippen molar-refractivity contribution in [3.63, 3.8) is 0 Å². The third-order valence-corrected chi connectivity index (χ3v) is 4.82. The van der Waals surface area contributed by atoms with Crippen LogP contribution in [-0.2, 0) is 6.54 Å². The smallest absolute Gasteiger partial charge is 0.213 e. The first kappa shape index (κ1) is 15.9. The van der Waals surface area contributed by atoms with Gasteiger partial charge < -0.3 is 0 Å². The number of nitrogens with zero attached hydrogens (tertiary/aromatic N) is 2. The third kappa shape index (κ3) is 2.82. The Kier molecular flexibility index (Phi) is 3.83. The Balaban J connectivity index is 1.85. The first-order valence-corrected chi connectivity index (χ1v) is 8.40. The number of hydrogen-bond donors (Lipinski definition) is 0. The van der Waals surface area contributed by atoms with Gasteiger partial charge in [0.2, 0.25) is 5.52 Å². The molecular formula is C21H19F2N2+. The number of rotatable bonds is 2. The molecule has 0 bridgehead atoms. The standard InChI is InChI=1S/C21H19F2N2/c1-13-3-4-17-14(2)6-8-25(20(17)9-13)12-15-5-7-24-21-18(15)10-16(22)11-19(21)23/h3-10,19H,11-12H2,1-2H3/q+1. The molecule has 0 amide bonds. The van der Waals surface area contributed by atoms with Gasteiger partial charge in [-0.05, 0) is 43.2 Å². The predicted molar refractivity (Wildman–Crippen MR) is 94.5 cm³/mol. The Morgan fingerprint density at radius 3 is 2.88 bits per heavy atom. The number of halogens is 2. The molecule has 0 N–H and O–H groups in total. The second kappa shape index (κ2) is 6.03. The van der Waals surface area contributed by atoms with Crippen molar-refractivity contribution in [2.24, 2.45) is 0 Å². The zero-order valence-corrected chi connectivity index (χ0v) is 14.3. The van der Waals surface area contributed by atoms with E-state index in [1.54, 1.807) is 6.20 Å². The molecule has 0 spiro atoms. The van der Waals surface area contributed by atoms with Crippen LogP contribution in [0.1, 0.15) is 40.5 Å². The second-order valence-electron chi connectivity index (χ2n) is 6.68. The summed E-state index contributed by atoms with van der Waals surface area (Å²) < 4.78 is 30.1. The van der Waals surface area contributed by atoms with Crippen molar-refractivity contribution >= 4 is 17.0 Å². The molecule has 2 nitrogen and oxygen atoms in total. The van der Waals surface area contributed by atoms with Crippen molar-refractivity contribution in [3.05, 3.63) is 76.5 Å². The fourth-order valence-electron chi connectivity index (χ4n) is 3.47. The zero-order chi connectivity index (χ0) is 17.6. The quantitative estimate of drug-likeness (QED) is 0.607. The van der Waals surface area contributed by atoms with E-state index < -0.39 is 12.0 Å². The van der Waals surface area contributed by atoms with E-state index in [2.05, 4.69) is 47.7 Å². The van der Waals surface area contributed by atoms with Crippen molar-refractivity contribution in [3.8, 4) is 0 Å². The summed E-state index contributed by atoms with van der Waals surface area (Å²) >= 11 is 0. The molecule has 2 aromatic heterocycles. The molecule has 0 aliphatic heterocycles. The van der Waals surface area contributed by atoms with Gasteiger partial charge in [-0.2, -0.15) is 4.57 Å². The molecule has 0 saturated carbocycles. The minimum Gasteiger partial charge on any atom is -0.258 e. The van der Waals surface area contributed by atoms with Crippen LogP contribution < -0.4 is 4.57 Å². The monoisotopic (exact) mass is 337 g/mol. The first-order chi connectivity index (χ1) is 12.0. The lowest BCUT2D eigenvalue weighted by molar-refractivity contribution is -0.662. The van der Waals surface area contributed by atoms with E-state index in [0.717, 1.165) is 11.1 Å². The normalized spacial score (nSPS) is 16.6. The van der Waals surface area contributed by atoms with Crippen LogP contribution in [0.5, 0.6) is 0 Å². The van der Waals surface area contributed by atoms with Gasteiger partial charge >= 0.3 is 0 Å². The lowest BCUT2D eigenvalue weighted by atomic mass is 9.96. The summed E-state index contributed by atoms with van der Waals surface area (Å²) in [4.78, 5) is 4.13. The summed E-state index contributed by atoms with van der Waals surface area (Å²) in [5, 5.41) is 1.18. The van der Waals surface area contributed by atoms with E-state index >= 15 is 0 Å². The summed E-state index contributed by atoms with van der Waals surface area (Å²) in [6.07, 6.45) is 3.47. The molecule has 1 aliphatic carbocycles. The minimum absolute atomic E-state index is 0.219. The Morgan fingerprint density at radius 2 is 2.04 bits per heavy atom. The van der Waals surface area contributed by atoms with Crippen molar-refractivity contribution in [2.45, 2.75) is 33.0 Å². The van der Waals surface area contributed by atoms with Crippen LogP contribution in [0.15, 0.2) is 48.6 Å². The predicted octanol–water partition coefficient (Wildman–Crippen LogP) is 4.91. The highest BCUT2D eigenvalue weighted by atomic mass is 19.1. The van der Waals surface area contributed by atoms with E-state index in [9.17, 15) is 8.78 Å². The molecule has 0 radical (unpaired) electrons. The fraction of sp³-hybridized carbons (Fsp3) is 0.238. The number of aromatic nitrogens is 2. The number of hydrogen-bond acceptors (Lipinski definition) is 1. The SMILES string of the molecule is Cc1ccc2c(C)cc[n+](Cc3ccnc4c3C=C(F)CC4F)c2c1. The molecule has 1 atom stereocenters. The molecule has 2 heterocycles. The van der Waals surface area contributed by atoms with E-state index in [1.807, 2.05) is 12.3 Å². The van der Waals surface area contributed by atoms with Gasteiger partial charge in [-0.15, -0.1) is 0 Å². The van der Waals surface area contributed by atoms with Crippen molar-refractivity contribution in [1.29, 1.82) is 0 Å². The molecule has 1 unspecified atom stereocenters. The Bertz CT molecular complexity index is 1010. The van der Waals surface area contributed by atoms with Gasteiger partial charge in [0.15, 0.2) is 12.7 Å². The lowest BCUT2D eigenvalue weighted by Gasteiger charge is -2.17. The summed E-state index contributed by atoms with van der Waals surface area (Å²) in [6.45, 7) is 4.69. The topological polar surface area (TPSA) is 16.8 Å². The van der Waals surface area contributed by atoms with Crippen LogP contribution >= 0.6 is 0 Å². The van der Waals surface area contributed by atoms with Gasteiger partial charge in [0.05, 0.1) is 5.69 Å². The van der Waals surface area contributed by atoms with Gasteiger partial charge in [0.25, 0.3) is 0 Å². The summed E-state index contributed by atoms with van der Waals surface area (Å²) in [5.74, 6) is -0.427. The van der Waals surface area contributed by atoms with Crippen LogP contribution in [-0.4, -0.2) is 4.98 Å².